The summed E-state index contributed by atoms with van der Waals surface area (Å²) in [4.78, 5) is 15.6. The van der Waals surface area contributed by atoms with Crippen LogP contribution in [0.4, 0.5) is 0 Å². The van der Waals surface area contributed by atoms with Crippen molar-refractivity contribution in [2.75, 3.05) is 0 Å². The standard InChI is InChI=1S/C27H25N2OS.C12H10N.Ir/c1-15-9-10-17-16-7-6-8-18(23(16)30-25(17)28-15)19-11-12-20-22(29-19)21-24(31-20)27(4,5)14-13-26(21,2)3;1-10-7-8-12(13-9-10)11-5-3-2-4-6-11;/h6-7,9-12H,13-14H2,1-5H3;2-5,7-9H,1H3;/q2*-1;. The summed E-state index contributed by atoms with van der Waals surface area (Å²) in [6.45, 7) is 13.5. The number of hydrogen-bond acceptors (Lipinski definition) is 5. The molecule has 229 valence electrons. The molecule has 0 saturated carbocycles. The van der Waals surface area contributed by atoms with Gasteiger partial charge < -0.3 is 9.40 Å². The molecule has 0 aliphatic heterocycles. The Kier molecular flexibility index (Phi) is 8.28. The fourth-order valence-electron chi connectivity index (χ4n) is 6.17. The molecule has 0 N–H and O–H groups in total. The van der Waals surface area contributed by atoms with E-state index < -0.39 is 0 Å². The number of aromatic nitrogens is 3. The molecule has 0 bridgehead atoms. The molecule has 4 nitrogen and oxygen atoms in total. The molecule has 0 fully saturated rings. The van der Waals surface area contributed by atoms with Crippen molar-refractivity contribution < 1.29 is 24.5 Å². The SMILES string of the molecule is Cc1ccc(-c2[c-]cccc2)nc1.Cc1ccc2c(n1)oc1c(-c3ccc4sc5c(c4n3)C(C)(C)CCC5(C)C)[c-]ccc12.[Ir]. The molecular formula is C39H35IrN3OS-2. The molecule has 5 heterocycles. The summed E-state index contributed by atoms with van der Waals surface area (Å²) in [6, 6.07) is 30.9. The number of hydrogen-bond donors (Lipinski definition) is 0. The summed E-state index contributed by atoms with van der Waals surface area (Å²) in [5.74, 6) is 0. The van der Waals surface area contributed by atoms with Crippen LogP contribution < -0.4 is 0 Å². The molecule has 0 saturated heterocycles. The van der Waals surface area contributed by atoms with Crippen molar-refractivity contribution in [3.8, 4) is 22.5 Å². The van der Waals surface area contributed by atoms with Crippen molar-refractivity contribution in [1.82, 2.24) is 15.0 Å². The first-order valence-corrected chi connectivity index (χ1v) is 16.0. The molecule has 0 unspecified atom stereocenters. The fourth-order valence-corrected chi connectivity index (χ4v) is 7.62. The molecule has 5 aromatic heterocycles. The third-order valence-corrected chi connectivity index (χ3v) is 10.3. The number of pyridine rings is 3. The second kappa shape index (κ2) is 11.9. The number of aryl methyl sites for hydroxylation is 2. The first kappa shape index (κ1) is 31.3. The van der Waals surface area contributed by atoms with Gasteiger partial charge in [-0.1, -0.05) is 56.8 Å². The molecule has 45 heavy (non-hydrogen) atoms. The van der Waals surface area contributed by atoms with Gasteiger partial charge in [0.05, 0.1) is 15.8 Å². The molecule has 8 rings (SSSR count). The van der Waals surface area contributed by atoms with E-state index in [4.69, 9.17) is 9.40 Å². The maximum atomic E-state index is 6.22. The quantitative estimate of drug-likeness (QED) is 0.164. The number of benzene rings is 2. The van der Waals surface area contributed by atoms with Gasteiger partial charge in [-0.15, -0.1) is 65.4 Å². The van der Waals surface area contributed by atoms with E-state index in [0.717, 1.165) is 50.1 Å². The van der Waals surface area contributed by atoms with Crippen LogP contribution in [0.15, 0.2) is 83.4 Å². The van der Waals surface area contributed by atoms with Gasteiger partial charge in [-0.25, -0.2) is 4.98 Å². The van der Waals surface area contributed by atoms with E-state index in [1.165, 1.54) is 33.5 Å². The molecule has 7 aromatic rings. The largest absolute Gasteiger partial charge is 0.486 e. The number of fused-ring (bicyclic) bond motifs is 6. The van der Waals surface area contributed by atoms with Crippen LogP contribution in [0.2, 0.25) is 0 Å². The summed E-state index contributed by atoms with van der Waals surface area (Å²) >= 11 is 1.92. The summed E-state index contributed by atoms with van der Waals surface area (Å²) in [5, 5.41) is 2.10. The second-order valence-electron chi connectivity index (χ2n) is 13.1. The van der Waals surface area contributed by atoms with Crippen molar-refractivity contribution in [2.45, 2.75) is 65.2 Å². The van der Waals surface area contributed by atoms with Gasteiger partial charge in [0.2, 0.25) is 5.71 Å². The van der Waals surface area contributed by atoms with E-state index >= 15 is 0 Å². The Morgan fingerprint density at radius 1 is 0.778 bits per heavy atom. The first-order valence-electron chi connectivity index (χ1n) is 15.2. The monoisotopic (exact) mass is 786 g/mol. The van der Waals surface area contributed by atoms with Crippen LogP contribution in [0.25, 0.3) is 54.8 Å². The van der Waals surface area contributed by atoms with Gasteiger partial charge in [-0.3, -0.25) is 4.98 Å². The van der Waals surface area contributed by atoms with Crippen LogP contribution in [-0.2, 0) is 30.9 Å². The maximum Gasteiger partial charge on any atom is 0.216 e. The maximum absolute atomic E-state index is 6.22. The normalized spacial score (nSPS) is 14.9. The van der Waals surface area contributed by atoms with Crippen LogP contribution >= 0.6 is 11.3 Å². The smallest absolute Gasteiger partial charge is 0.216 e. The molecule has 1 radical (unpaired) electrons. The van der Waals surface area contributed by atoms with Crippen LogP contribution in [0, 0.1) is 26.0 Å². The van der Waals surface area contributed by atoms with Crippen molar-refractivity contribution in [2.24, 2.45) is 0 Å². The van der Waals surface area contributed by atoms with Gasteiger partial charge in [0.1, 0.15) is 0 Å². The predicted molar refractivity (Wildman–Crippen MR) is 182 cm³/mol. The van der Waals surface area contributed by atoms with E-state index in [2.05, 4.69) is 80.1 Å². The fraction of sp³-hybridized carbons (Fsp3) is 0.256. The zero-order chi connectivity index (χ0) is 30.6. The Morgan fingerprint density at radius 2 is 1.58 bits per heavy atom. The Balaban J connectivity index is 0.000000215. The minimum atomic E-state index is 0. The van der Waals surface area contributed by atoms with Crippen molar-refractivity contribution in [1.29, 1.82) is 0 Å². The predicted octanol–water partition coefficient (Wildman–Crippen LogP) is 10.6. The van der Waals surface area contributed by atoms with E-state index in [-0.39, 0.29) is 30.9 Å². The molecule has 0 atom stereocenters. The molecular weight excluding hydrogens is 751 g/mol. The second-order valence-corrected chi connectivity index (χ2v) is 14.2. The Hall–Kier alpha value is -3.70. The molecule has 1 aliphatic rings. The zero-order valence-corrected chi connectivity index (χ0v) is 29.6. The number of furan rings is 1. The topological polar surface area (TPSA) is 51.8 Å². The summed E-state index contributed by atoms with van der Waals surface area (Å²) < 4.78 is 7.49. The minimum Gasteiger partial charge on any atom is -0.486 e. The number of nitrogens with zero attached hydrogens (tertiary/aromatic N) is 3. The Bertz CT molecular complexity index is 2140. The Labute approximate surface area is 282 Å². The van der Waals surface area contributed by atoms with Gasteiger partial charge in [-0.05, 0) is 78.2 Å². The molecule has 0 spiro atoms. The molecule has 1 aliphatic carbocycles. The summed E-state index contributed by atoms with van der Waals surface area (Å²) in [6.07, 6.45) is 4.27. The van der Waals surface area contributed by atoms with Crippen LogP contribution in [0.1, 0.15) is 62.2 Å². The average molecular weight is 786 g/mol. The zero-order valence-electron chi connectivity index (χ0n) is 26.4. The van der Waals surface area contributed by atoms with E-state index in [9.17, 15) is 0 Å². The van der Waals surface area contributed by atoms with Crippen LogP contribution in [0.3, 0.4) is 0 Å². The average Bonchev–Trinajstić information content (AvgIpc) is 3.60. The van der Waals surface area contributed by atoms with Crippen LogP contribution in [-0.4, -0.2) is 15.0 Å². The summed E-state index contributed by atoms with van der Waals surface area (Å²) in [7, 11) is 0. The first-order chi connectivity index (χ1) is 21.1. The van der Waals surface area contributed by atoms with Crippen LogP contribution in [0.5, 0.6) is 0 Å². The Morgan fingerprint density at radius 3 is 2.33 bits per heavy atom. The van der Waals surface area contributed by atoms with E-state index in [0.29, 0.717) is 5.71 Å². The number of thiophene rings is 1. The van der Waals surface area contributed by atoms with Gasteiger partial charge in [0.15, 0.2) is 0 Å². The van der Waals surface area contributed by atoms with Crippen molar-refractivity contribution >= 4 is 43.6 Å². The van der Waals surface area contributed by atoms with Gasteiger partial charge in [0.25, 0.3) is 0 Å². The van der Waals surface area contributed by atoms with E-state index in [1.54, 1.807) is 0 Å². The third-order valence-electron chi connectivity index (χ3n) is 8.79. The summed E-state index contributed by atoms with van der Waals surface area (Å²) in [5.41, 5.74) is 10.4. The van der Waals surface area contributed by atoms with Crippen molar-refractivity contribution in [3.63, 3.8) is 0 Å². The third kappa shape index (κ3) is 5.76. The molecule has 0 amide bonds. The van der Waals surface area contributed by atoms with Crippen molar-refractivity contribution in [3.05, 3.63) is 113 Å². The molecule has 2 aromatic carbocycles. The van der Waals surface area contributed by atoms with Gasteiger partial charge in [0, 0.05) is 42.3 Å². The molecule has 6 heteroatoms. The minimum absolute atomic E-state index is 0. The van der Waals surface area contributed by atoms with E-state index in [1.807, 2.05) is 73.8 Å². The number of rotatable bonds is 2. The van der Waals surface area contributed by atoms with Gasteiger partial charge >= 0.3 is 0 Å². The van der Waals surface area contributed by atoms with Gasteiger partial charge in [-0.2, -0.15) is 0 Å².